The highest BCUT2D eigenvalue weighted by Gasteiger charge is 2.15. The minimum atomic E-state index is 0.470. The van der Waals surface area contributed by atoms with Gasteiger partial charge in [0.1, 0.15) is 0 Å². The summed E-state index contributed by atoms with van der Waals surface area (Å²) in [5, 5.41) is 16.3. The molecule has 6 nitrogen and oxygen atoms in total. The van der Waals surface area contributed by atoms with Crippen molar-refractivity contribution in [1.82, 2.24) is 19.6 Å². The van der Waals surface area contributed by atoms with Crippen LogP contribution in [-0.4, -0.2) is 24.7 Å². The minimum Gasteiger partial charge on any atom is -0.329 e. The van der Waals surface area contributed by atoms with Crippen molar-refractivity contribution in [2.75, 3.05) is 10.6 Å². The number of aromatic nitrogens is 4. The number of rotatable bonds is 6. The van der Waals surface area contributed by atoms with Crippen molar-refractivity contribution >= 4 is 44.8 Å². The van der Waals surface area contributed by atoms with E-state index in [1.54, 1.807) is 0 Å². The summed E-state index contributed by atoms with van der Waals surface area (Å²) < 4.78 is 4.74. The van der Waals surface area contributed by atoms with Crippen LogP contribution >= 0.6 is 28.1 Å². The normalized spacial score (nSPS) is 10.9. The summed E-state index contributed by atoms with van der Waals surface area (Å²) in [5.74, 6) is 0.669. The summed E-state index contributed by atoms with van der Waals surface area (Å²) >= 11 is 9.16. The van der Waals surface area contributed by atoms with Gasteiger partial charge in [0.05, 0.1) is 34.6 Å². The molecule has 0 bridgehead atoms. The zero-order valence-electron chi connectivity index (χ0n) is 19.2. The van der Waals surface area contributed by atoms with E-state index in [0.717, 1.165) is 28.1 Å². The van der Waals surface area contributed by atoms with Crippen LogP contribution in [0.2, 0.25) is 0 Å². The third-order valence-electron chi connectivity index (χ3n) is 5.62. The van der Waals surface area contributed by atoms with E-state index in [9.17, 15) is 0 Å². The first-order valence-corrected chi connectivity index (χ1v) is 12.0. The number of aryl methyl sites for hydroxylation is 3. The first-order valence-electron chi connectivity index (χ1n) is 10.7. The van der Waals surface area contributed by atoms with E-state index in [0.29, 0.717) is 17.5 Å². The Morgan fingerprint density at radius 1 is 0.939 bits per heavy atom. The quantitative estimate of drug-likeness (QED) is 0.305. The van der Waals surface area contributed by atoms with E-state index in [-0.39, 0.29) is 0 Å². The molecule has 2 N–H and O–H groups in total. The summed E-state index contributed by atoms with van der Waals surface area (Å²) in [7, 11) is 0. The average molecular weight is 524 g/mol. The fourth-order valence-electron chi connectivity index (χ4n) is 3.68. The van der Waals surface area contributed by atoms with Crippen molar-refractivity contribution in [3.63, 3.8) is 0 Å². The predicted molar refractivity (Wildman–Crippen MR) is 142 cm³/mol. The van der Waals surface area contributed by atoms with Gasteiger partial charge in [-0.25, -0.2) is 0 Å². The second kappa shape index (κ2) is 9.89. The van der Waals surface area contributed by atoms with Gasteiger partial charge in [0.15, 0.2) is 10.9 Å². The lowest BCUT2D eigenvalue weighted by atomic mass is 10.1. The molecule has 4 aromatic rings. The molecule has 8 heteroatoms. The van der Waals surface area contributed by atoms with Gasteiger partial charge in [-0.3, -0.25) is 9.36 Å². The van der Waals surface area contributed by atoms with E-state index in [2.05, 4.69) is 101 Å². The molecule has 0 radical (unpaired) electrons. The van der Waals surface area contributed by atoms with E-state index < -0.39 is 0 Å². The lowest BCUT2D eigenvalue weighted by Gasteiger charge is -2.11. The van der Waals surface area contributed by atoms with E-state index in [4.69, 9.17) is 17.3 Å². The molecule has 0 spiro atoms. The Morgan fingerprint density at radius 3 is 2.39 bits per heavy atom. The fraction of sp³-hybridized carbons (Fsp3) is 0.240. The number of anilines is 2. The van der Waals surface area contributed by atoms with Gasteiger partial charge in [0, 0.05) is 6.20 Å². The molecule has 0 aliphatic carbocycles. The van der Waals surface area contributed by atoms with Crippen molar-refractivity contribution in [2.45, 2.75) is 40.8 Å². The molecule has 33 heavy (non-hydrogen) atoms. The van der Waals surface area contributed by atoms with Crippen LogP contribution in [0.1, 0.15) is 33.6 Å². The van der Waals surface area contributed by atoms with Crippen LogP contribution < -0.4 is 10.6 Å². The summed E-state index contributed by atoms with van der Waals surface area (Å²) in [6.07, 6.45) is 1.95. The molecule has 170 valence electrons. The number of nitrogens with zero attached hydrogens (tertiary/aromatic N) is 4. The third-order valence-corrected chi connectivity index (χ3v) is 6.40. The lowest BCUT2D eigenvalue weighted by molar-refractivity contribution is 0.657. The highest BCUT2D eigenvalue weighted by molar-refractivity contribution is 9.10. The highest BCUT2D eigenvalue weighted by Crippen LogP contribution is 2.24. The Hall–Kier alpha value is -2.97. The first kappa shape index (κ1) is 23.2. The molecule has 2 heterocycles. The van der Waals surface area contributed by atoms with Gasteiger partial charge in [-0.15, -0.1) is 0 Å². The minimum absolute atomic E-state index is 0.470. The molecule has 4 rings (SSSR count). The molecule has 0 aliphatic heterocycles. The zero-order chi connectivity index (χ0) is 23.5. The lowest BCUT2D eigenvalue weighted by Crippen LogP contribution is -2.20. The Labute approximate surface area is 208 Å². The SMILES string of the molecule is Cc1ccc(Cn2cc(Br)c(NC(=S)Nc3c(C)nn(Cc4ccccc4C)c3C)n2)cc1. The molecular formula is C25H27BrN6S. The van der Waals surface area contributed by atoms with Crippen LogP contribution in [0.15, 0.2) is 59.2 Å². The van der Waals surface area contributed by atoms with E-state index in [1.165, 1.54) is 22.3 Å². The van der Waals surface area contributed by atoms with Crippen LogP contribution in [0, 0.1) is 27.7 Å². The number of hydrogen-bond acceptors (Lipinski definition) is 3. The largest absolute Gasteiger partial charge is 0.329 e. The number of benzene rings is 2. The molecule has 2 aromatic carbocycles. The summed E-state index contributed by atoms with van der Waals surface area (Å²) in [4.78, 5) is 0. The molecule has 0 aliphatic rings. The summed E-state index contributed by atoms with van der Waals surface area (Å²) in [5.41, 5.74) is 7.78. The molecule has 0 unspecified atom stereocenters. The molecule has 0 atom stereocenters. The smallest absolute Gasteiger partial charge is 0.176 e. The first-order chi connectivity index (χ1) is 15.8. The number of thiocarbonyl (C=S) groups is 1. The molecular weight excluding hydrogens is 496 g/mol. The van der Waals surface area contributed by atoms with Crippen molar-refractivity contribution in [3.05, 3.63) is 92.8 Å². The summed E-state index contributed by atoms with van der Waals surface area (Å²) in [6, 6.07) is 16.8. The predicted octanol–water partition coefficient (Wildman–Crippen LogP) is 5.98. The molecule has 0 saturated heterocycles. The van der Waals surface area contributed by atoms with Crippen LogP contribution in [0.25, 0.3) is 0 Å². The third kappa shape index (κ3) is 5.51. The zero-order valence-corrected chi connectivity index (χ0v) is 21.6. The number of hydrogen-bond donors (Lipinski definition) is 2. The van der Waals surface area contributed by atoms with Gasteiger partial charge >= 0.3 is 0 Å². The number of nitrogens with one attached hydrogen (secondary N) is 2. The van der Waals surface area contributed by atoms with Gasteiger partial charge in [-0.1, -0.05) is 54.1 Å². The Bertz CT molecular complexity index is 1290. The van der Waals surface area contributed by atoms with Crippen molar-refractivity contribution < 1.29 is 0 Å². The second-order valence-electron chi connectivity index (χ2n) is 8.22. The molecule has 0 saturated carbocycles. The molecule has 0 amide bonds. The number of halogens is 1. The molecule has 2 aromatic heterocycles. The van der Waals surface area contributed by atoms with E-state index in [1.807, 2.05) is 22.5 Å². The van der Waals surface area contributed by atoms with Crippen LogP contribution in [0.3, 0.4) is 0 Å². The van der Waals surface area contributed by atoms with Gasteiger partial charge in [-0.2, -0.15) is 10.2 Å². The summed E-state index contributed by atoms with van der Waals surface area (Å²) in [6.45, 7) is 9.64. The van der Waals surface area contributed by atoms with Crippen molar-refractivity contribution in [3.8, 4) is 0 Å². The van der Waals surface area contributed by atoms with Gasteiger partial charge in [0.2, 0.25) is 0 Å². The van der Waals surface area contributed by atoms with Crippen LogP contribution in [-0.2, 0) is 13.1 Å². The maximum Gasteiger partial charge on any atom is 0.176 e. The fourth-order valence-corrected chi connectivity index (χ4v) is 4.29. The monoisotopic (exact) mass is 522 g/mol. The van der Waals surface area contributed by atoms with Gasteiger partial charge in [-0.05, 0) is 72.5 Å². The Kier molecular flexibility index (Phi) is 6.95. The highest BCUT2D eigenvalue weighted by atomic mass is 79.9. The average Bonchev–Trinajstić information content (AvgIpc) is 3.24. The van der Waals surface area contributed by atoms with Gasteiger partial charge < -0.3 is 10.6 Å². The van der Waals surface area contributed by atoms with Crippen molar-refractivity contribution in [2.24, 2.45) is 0 Å². The van der Waals surface area contributed by atoms with E-state index >= 15 is 0 Å². The van der Waals surface area contributed by atoms with Crippen LogP contribution in [0.5, 0.6) is 0 Å². The van der Waals surface area contributed by atoms with Gasteiger partial charge in [0.25, 0.3) is 0 Å². The maximum absolute atomic E-state index is 5.58. The van der Waals surface area contributed by atoms with Crippen molar-refractivity contribution in [1.29, 1.82) is 0 Å². The molecule has 0 fully saturated rings. The Morgan fingerprint density at radius 2 is 1.67 bits per heavy atom. The topological polar surface area (TPSA) is 59.7 Å². The second-order valence-corrected chi connectivity index (χ2v) is 9.48. The maximum atomic E-state index is 5.58. The Balaban J connectivity index is 1.44. The standard InChI is InChI=1S/C25H27BrN6S/c1-16-9-11-20(12-10-16)13-31-15-22(26)24(30-31)28-25(33)27-23-18(3)29-32(19(23)4)14-21-8-6-5-7-17(21)2/h5-12,15H,13-14H2,1-4H3,(H2,27,28,30,33). The van der Waals surface area contributed by atoms with Crippen LogP contribution in [0.4, 0.5) is 11.5 Å².